The third kappa shape index (κ3) is 16.0. The molecule has 2 aromatic heterocycles. The molecule has 0 aliphatic carbocycles. The van der Waals surface area contributed by atoms with Gasteiger partial charge in [0, 0.05) is 105 Å². The first-order chi connectivity index (χ1) is 41.6. The Morgan fingerprint density at radius 2 is 1.02 bits per heavy atom. The van der Waals surface area contributed by atoms with Crippen molar-refractivity contribution in [1.82, 2.24) is 29.2 Å². The number of rotatable bonds is 18. The number of hydrogen-bond acceptors (Lipinski definition) is 18. The van der Waals surface area contributed by atoms with Crippen molar-refractivity contribution < 1.29 is 58.3 Å². The van der Waals surface area contributed by atoms with Crippen LogP contribution in [0.3, 0.4) is 0 Å². The molecule has 6 N–H and O–H groups in total. The number of carboxylic acids is 1. The van der Waals surface area contributed by atoms with Crippen LogP contribution in [-0.4, -0.2) is 199 Å². The Balaban J connectivity index is 0.000000192. The van der Waals surface area contributed by atoms with E-state index in [0.29, 0.717) is 85.6 Å². The molecule has 448 valence electrons. The zero-order chi connectivity index (χ0) is 61.3. The van der Waals surface area contributed by atoms with Crippen LogP contribution >= 0.6 is 0 Å². The average Bonchev–Trinajstić information content (AvgIpc) is 2.01. The number of fused-ring (bicyclic) bond motifs is 2. The van der Waals surface area contributed by atoms with Crippen molar-refractivity contribution in [1.29, 1.82) is 0 Å². The van der Waals surface area contributed by atoms with E-state index >= 15 is 0 Å². The molecule has 10 rings (SSSR count). The Kier molecular flexibility index (Phi) is 22.0. The van der Waals surface area contributed by atoms with E-state index in [4.69, 9.17) is 35.2 Å². The Morgan fingerprint density at radius 3 is 1.51 bits per heavy atom. The number of aliphatic imine (C=N–C) groups is 2. The molecule has 2 fully saturated rings. The number of ketones is 1. The molecule has 21 heteroatoms. The summed E-state index contributed by atoms with van der Waals surface area (Å²) in [6.07, 6.45) is 0. The number of Topliss-reactive ketones (excluding diaryl/α,β-unsaturated/α-hetero) is 1. The normalized spacial score (nSPS) is 14.4. The van der Waals surface area contributed by atoms with Gasteiger partial charge in [0.05, 0.1) is 83.6 Å². The summed E-state index contributed by atoms with van der Waals surface area (Å²) in [5.41, 5.74) is 6.45. The molecule has 0 amide bonds. The highest BCUT2D eigenvalue weighted by Crippen LogP contribution is 2.36. The molecule has 4 heterocycles. The smallest absolute Gasteiger partial charge is 0.337 e. The van der Waals surface area contributed by atoms with Gasteiger partial charge in [0.25, 0.3) is 0 Å². The summed E-state index contributed by atoms with van der Waals surface area (Å²) in [5, 5.41) is 32.5. The van der Waals surface area contributed by atoms with Gasteiger partial charge in [-0.15, -0.1) is 0 Å². The number of piperazine rings is 2. The van der Waals surface area contributed by atoms with Gasteiger partial charge in [-0.25, -0.2) is 30.3 Å². The highest BCUT2D eigenvalue weighted by atomic mass is 16.6. The first-order valence-corrected chi connectivity index (χ1v) is 27.9. The van der Waals surface area contributed by atoms with E-state index in [9.17, 15) is 34.2 Å². The summed E-state index contributed by atoms with van der Waals surface area (Å²) in [4.78, 5) is 86.9. The summed E-state index contributed by atoms with van der Waals surface area (Å²) in [5.74, 6) is 1.92. The predicted molar refractivity (Wildman–Crippen MR) is 329 cm³/mol. The van der Waals surface area contributed by atoms with Crippen molar-refractivity contribution in [2.75, 3.05) is 114 Å². The van der Waals surface area contributed by atoms with Crippen LogP contribution in [0.1, 0.15) is 75.4 Å². The number of benzene rings is 6. The zero-order valence-electron chi connectivity index (χ0n) is 48.8. The minimum absolute atomic E-state index is 0.0302. The number of nitrogens with one attached hydrogen (secondary N) is 1. The van der Waals surface area contributed by atoms with Gasteiger partial charge in [-0.05, 0) is 86.9 Å². The fraction of sp³-hybridized carbons (Fsp3) is 0.277. The number of likely N-dealkylation sites (N-methyl/N-ethyl adjacent to an activating group) is 2. The number of ether oxygens (including phenoxy) is 3. The molecule has 6 aromatic carbocycles. The Bertz CT molecular complexity index is 3700. The second-order valence-corrected chi connectivity index (χ2v) is 20.6. The number of nitrogens with zero attached hydrogens (tertiary/aromatic N) is 7. The molecule has 21 nitrogen and oxygen atoms in total. The molecule has 0 unspecified atom stereocenters. The SMILES string of the molecule is CN1CCN(CCON)CC1.COC(=O)c1ccc2c(C(=Nc3ccc(C(=O)COCCN4CCN(C)CC4)cc3)c3ccccc3)c(O)[nH]c2c1.COC(=O)c1ccc2c(C(=Nc3ccc(C(=O)O)cc3)c3ccccc3)c(O)n(C(C)=O)c2c1. The van der Waals surface area contributed by atoms with E-state index in [0.717, 1.165) is 75.6 Å². The molecule has 0 bridgehead atoms. The number of hydrogen-bond donors (Lipinski definition) is 5. The molecule has 0 spiro atoms. The Hall–Kier alpha value is -9.19. The van der Waals surface area contributed by atoms with Gasteiger partial charge in [0.15, 0.2) is 11.7 Å². The predicted octanol–water partition coefficient (Wildman–Crippen LogP) is 8.06. The van der Waals surface area contributed by atoms with Crippen molar-refractivity contribution >= 4 is 74.2 Å². The number of aromatic nitrogens is 2. The highest BCUT2D eigenvalue weighted by Gasteiger charge is 2.26. The van der Waals surface area contributed by atoms with Gasteiger partial charge < -0.3 is 49.2 Å². The lowest BCUT2D eigenvalue weighted by molar-refractivity contribution is 0.0592. The van der Waals surface area contributed by atoms with Crippen LogP contribution in [0, 0.1) is 0 Å². The van der Waals surface area contributed by atoms with Crippen LogP contribution in [0.25, 0.3) is 21.8 Å². The molecule has 2 aliphatic heterocycles. The summed E-state index contributed by atoms with van der Waals surface area (Å²) < 4.78 is 16.4. The van der Waals surface area contributed by atoms with Crippen LogP contribution < -0.4 is 5.90 Å². The number of nitrogens with two attached hydrogens (primary N) is 1. The van der Waals surface area contributed by atoms with Gasteiger partial charge in [-0.3, -0.25) is 24.0 Å². The van der Waals surface area contributed by atoms with Crippen LogP contribution in [0.5, 0.6) is 11.8 Å². The van der Waals surface area contributed by atoms with E-state index < -0.39 is 23.8 Å². The summed E-state index contributed by atoms with van der Waals surface area (Å²) >= 11 is 0. The second-order valence-electron chi connectivity index (χ2n) is 20.6. The van der Waals surface area contributed by atoms with E-state index in [1.165, 1.54) is 39.3 Å². The van der Waals surface area contributed by atoms with Crippen molar-refractivity contribution in [2.24, 2.45) is 15.9 Å². The van der Waals surface area contributed by atoms with Crippen molar-refractivity contribution in [2.45, 2.75) is 6.92 Å². The quantitative estimate of drug-likeness (QED) is 0.0179. The van der Waals surface area contributed by atoms with Gasteiger partial charge in [-0.2, -0.15) is 0 Å². The molecular weight excluding hydrogens is 1100 g/mol. The lowest BCUT2D eigenvalue weighted by Crippen LogP contribution is -2.45. The van der Waals surface area contributed by atoms with Crippen LogP contribution in [0.2, 0.25) is 0 Å². The van der Waals surface area contributed by atoms with E-state index in [-0.39, 0.29) is 35.3 Å². The number of aromatic amines is 1. The fourth-order valence-electron chi connectivity index (χ4n) is 9.89. The highest BCUT2D eigenvalue weighted by molar-refractivity contribution is 6.24. The lowest BCUT2D eigenvalue weighted by Gasteiger charge is -2.32. The number of aromatic carboxylic acids is 1. The summed E-state index contributed by atoms with van der Waals surface area (Å²) in [6.45, 7) is 13.0. The molecule has 0 saturated carbocycles. The molecule has 0 radical (unpaired) electrons. The van der Waals surface area contributed by atoms with E-state index in [1.54, 1.807) is 66.7 Å². The van der Waals surface area contributed by atoms with Gasteiger partial charge in [0.2, 0.25) is 11.8 Å². The standard InChI is InChI=1S/C32H34N4O5.C26H20N2O6.C7H17N3O/c1-35-14-16-36(17-15-35)18-19-41-21-28(37)22-8-11-25(12-9-22)33-30(23-6-4-3-5-7-23)29-26-13-10-24(32(39)40-2)20-27(26)34-31(29)38;1-15(29)28-21-14-18(26(33)34-2)10-13-20(21)22(24(28)30)23(16-6-4-3-5-7-16)27-19-11-8-17(9-12-19)25(31)32;1-9-2-4-10(5-3-9)6-7-11-8/h3-13,20,34,38H,14-19,21H2,1-2H3;3-14,30H,1-2H3,(H,31,32);2-8H2,1H3. The van der Waals surface area contributed by atoms with Crippen molar-refractivity contribution in [3.8, 4) is 11.8 Å². The summed E-state index contributed by atoms with van der Waals surface area (Å²) in [7, 11) is 6.86. The third-order valence-electron chi connectivity index (χ3n) is 14.7. The number of carbonyl (C=O) groups is 5. The van der Waals surface area contributed by atoms with Gasteiger partial charge in [-0.1, -0.05) is 72.8 Å². The molecule has 0 atom stereocenters. The number of aromatic hydroxyl groups is 2. The number of esters is 2. The van der Waals surface area contributed by atoms with Crippen LogP contribution in [0.4, 0.5) is 11.4 Å². The minimum Gasteiger partial charge on any atom is -0.494 e. The van der Waals surface area contributed by atoms with E-state index in [2.05, 4.69) is 43.5 Å². The average molecular weight is 1170 g/mol. The molecular formula is C65H71N9O12. The molecule has 2 saturated heterocycles. The summed E-state index contributed by atoms with van der Waals surface area (Å²) in [6, 6.07) is 41.4. The number of carbonyl (C=O) groups excluding carboxylic acids is 4. The van der Waals surface area contributed by atoms with Gasteiger partial charge in [0.1, 0.15) is 6.61 Å². The zero-order valence-corrected chi connectivity index (χ0v) is 48.8. The largest absolute Gasteiger partial charge is 0.494 e. The number of methoxy groups -OCH3 is 2. The van der Waals surface area contributed by atoms with Crippen molar-refractivity contribution in [3.05, 3.63) is 190 Å². The monoisotopic (exact) mass is 1170 g/mol. The molecule has 8 aromatic rings. The maximum Gasteiger partial charge on any atom is 0.337 e. The third-order valence-corrected chi connectivity index (χ3v) is 14.7. The van der Waals surface area contributed by atoms with Crippen molar-refractivity contribution in [3.63, 3.8) is 0 Å². The fourth-order valence-corrected chi connectivity index (χ4v) is 9.89. The maximum atomic E-state index is 12.7. The molecule has 2 aliphatic rings. The molecule has 86 heavy (non-hydrogen) atoms. The van der Waals surface area contributed by atoms with Gasteiger partial charge >= 0.3 is 17.9 Å². The number of carboxylic acid groups (broad SMARTS) is 1. The first-order valence-electron chi connectivity index (χ1n) is 27.9. The Labute approximate surface area is 498 Å². The topological polar surface area (TPSA) is 267 Å². The number of H-pyrrole nitrogens is 1. The van der Waals surface area contributed by atoms with Crippen LogP contribution in [0.15, 0.2) is 156 Å². The first kappa shape index (κ1) is 62.8. The minimum atomic E-state index is -1.05. The lowest BCUT2D eigenvalue weighted by atomic mass is 10.00. The Morgan fingerprint density at radius 1 is 0.558 bits per heavy atom. The second kappa shape index (κ2) is 30.1. The maximum absolute atomic E-state index is 12.7. The van der Waals surface area contributed by atoms with Crippen LogP contribution in [-0.2, 0) is 19.0 Å². The van der Waals surface area contributed by atoms with E-state index in [1.807, 2.05) is 60.7 Å².